The first kappa shape index (κ1) is 10.8. The Labute approximate surface area is 82.3 Å². The van der Waals surface area contributed by atoms with Gasteiger partial charge in [0.25, 0.3) is 0 Å². The highest BCUT2D eigenvalue weighted by atomic mass is 16.4. The summed E-state index contributed by atoms with van der Waals surface area (Å²) in [6, 6.07) is -0.00646. The van der Waals surface area contributed by atoms with E-state index in [-0.39, 0.29) is 18.6 Å². The van der Waals surface area contributed by atoms with E-state index in [1.807, 2.05) is 0 Å². The molecule has 6 nitrogen and oxygen atoms in total. The van der Waals surface area contributed by atoms with Crippen molar-refractivity contribution in [3.63, 3.8) is 0 Å². The van der Waals surface area contributed by atoms with E-state index in [2.05, 4.69) is 10.6 Å². The summed E-state index contributed by atoms with van der Waals surface area (Å²) < 4.78 is 0. The van der Waals surface area contributed by atoms with Gasteiger partial charge in [0.05, 0.1) is 6.54 Å². The highest BCUT2D eigenvalue weighted by Crippen LogP contribution is 2.08. The summed E-state index contributed by atoms with van der Waals surface area (Å²) in [5.41, 5.74) is 0. The monoisotopic (exact) mass is 201 g/mol. The van der Waals surface area contributed by atoms with Crippen molar-refractivity contribution in [2.45, 2.75) is 12.5 Å². The number of amides is 2. The van der Waals surface area contributed by atoms with Crippen LogP contribution in [0.3, 0.4) is 0 Å². The molecule has 2 amide bonds. The van der Waals surface area contributed by atoms with E-state index in [4.69, 9.17) is 5.11 Å². The van der Waals surface area contributed by atoms with Crippen molar-refractivity contribution >= 4 is 12.0 Å². The molecule has 0 aromatic rings. The molecule has 6 heteroatoms. The first-order valence-electron chi connectivity index (χ1n) is 4.55. The molecule has 0 spiro atoms. The number of carbonyl (C=O) groups excluding carboxylic acids is 1. The lowest BCUT2D eigenvalue weighted by Gasteiger charge is -2.15. The molecular formula is C8H15N3O3. The summed E-state index contributed by atoms with van der Waals surface area (Å²) in [5, 5.41) is 13.8. The maximum atomic E-state index is 11.2. The minimum Gasteiger partial charge on any atom is -0.480 e. The zero-order chi connectivity index (χ0) is 10.6. The molecule has 1 unspecified atom stereocenters. The third kappa shape index (κ3) is 2.88. The molecule has 1 atom stereocenters. The van der Waals surface area contributed by atoms with E-state index < -0.39 is 5.97 Å². The van der Waals surface area contributed by atoms with E-state index in [0.717, 1.165) is 6.42 Å². The molecule has 80 valence electrons. The molecule has 0 aromatic carbocycles. The number of carboxylic acids is 1. The Balaban J connectivity index is 2.27. The van der Waals surface area contributed by atoms with Crippen LogP contribution >= 0.6 is 0 Å². The van der Waals surface area contributed by atoms with E-state index in [9.17, 15) is 9.59 Å². The predicted octanol–water partition coefficient (Wildman–Crippen LogP) is -0.926. The van der Waals surface area contributed by atoms with Crippen LogP contribution in [0.15, 0.2) is 0 Å². The van der Waals surface area contributed by atoms with Crippen molar-refractivity contribution in [1.82, 2.24) is 15.5 Å². The topological polar surface area (TPSA) is 81.7 Å². The predicted molar refractivity (Wildman–Crippen MR) is 50.1 cm³/mol. The molecular weight excluding hydrogens is 186 g/mol. The van der Waals surface area contributed by atoms with Gasteiger partial charge in [-0.25, -0.2) is 4.79 Å². The SMILES string of the molecule is CNC(=O)N1CCC(NCC(=O)O)C1. The number of rotatable bonds is 3. The smallest absolute Gasteiger partial charge is 0.317 e. The molecule has 1 fully saturated rings. The molecule has 3 N–H and O–H groups in total. The summed E-state index contributed by atoms with van der Waals surface area (Å²) in [6.07, 6.45) is 0.806. The molecule has 0 radical (unpaired) electrons. The van der Waals surface area contributed by atoms with Gasteiger partial charge >= 0.3 is 12.0 Å². The number of nitrogens with one attached hydrogen (secondary N) is 2. The second-order valence-electron chi connectivity index (χ2n) is 3.26. The zero-order valence-corrected chi connectivity index (χ0v) is 8.12. The average Bonchev–Trinajstić information content (AvgIpc) is 2.62. The number of urea groups is 1. The van der Waals surface area contributed by atoms with Gasteiger partial charge in [0, 0.05) is 26.2 Å². The number of hydrogen-bond donors (Lipinski definition) is 3. The molecule has 0 aromatic heterocycles. The molecule has 1 rings (SSSR count). The fourth-order valence-corrected chi connectivity index (χ4v) is 1.50. The fourth-order valence-electron chi connectivity index (χ4n) is 1.50. The third-order valence-corrected chi connectivity index (χ3v) is 2.23. The van der Waals surface area contributed by atoms with Crippen LogP contribution in [0.2, 0.25) is 0 Å². The molecule has 1 aliphatic rings. The Morgan fingerprint density at radius 3 is 2.86 bits per heavy atom. The van der Waals surface area contributed by atoms with Gasteiger partial charge in [-0.05, 0) is 6.42 Å². The van der Waals surface area contributed by atoms with Crippen molar-refractivity contribution in [1.29, 1.82) is 0 Å². The first-order valence-corrected chi connectivity index (χ1v) is 4.55. The number of likely N-dealkylation sites (tertiary alicyclic amines) is 1. The highest BCUT2D eigenvalue weighted by Gasteiger charge is 2.25. The van der Waals surface area contributed by atoms with Gasteiger partial charge in [-0.15, -0.1) is 0 Å². The molecule has 0 saturated carbocycles. The molecule has 1 aliphatic heterocycles. The minimum absolute atomic E-state index is 0.0494. The molecule has 1 saturated heterocycles. The Kier molecular flexibility index (Phi) is 3.70. The zero-order valence-electron chi connectivity index (χ0n) is 8.12. The number of carbonyl (C=O) groups is 2. The summed E-state index contributed by atoms with van der Waals surface area (Å²) >= 11 is 0. The van der Waals surface area contributed by atoms with Crippen LogP contribution in [0.4, 0.5) is 4.79 Å². The van der Waals surface area contributed by atoms with Crippen LogP contribution in [0.25, 0.3) is 0 Å². The quantitative estimate of drug-likeness (QED) is 0.551. The summed E-state index contributed by atoms with van der Waals surface area (Å²) in [7, 11) is 1.58. The van der Waals surface area contributed by atoms with Crippen LogP contribution in [0, 0.1) is 0 Å². The van der Waals surface area contributed by atoms with Crippen LogP contribution in [0.1, 0.15) is 6.42 Å². The summed E-state index contributed by atoms with van der Waals surface area (Å²) in [4.78, 5) is 23.1. The maximum Gasteiger partial charge on any atom is 0.317 e. The number of nitrogens with zero attached hydrogens (tertiary/aromatic N) is 1. The van der Waals surface area contributed by atoms with Crippen molar-refractivity contribution in [3.05, 3.63) is 0 Å². The van der Waals surface area contributed by atoms with Crippen LogP contribution < -0.4 is 10.6 Å². The lowest BCUT2D eigenvalue weighted by Crippen LogP contribution is -2.40. The van der Waals surface area contributed by atoms with Gasteiger partial charge in [-0.3, -0.25) is 4.79 Å². The Hall–Kier alpha value is -1.30. The van der Waals surface area contributed by atoms with Crippen molar-refractivity contribution in [3.8, 4) is 0 Å². The van der Waals surface area contributed by atoms with Crippen LogP contribution in [-0.2, 0) is 4.79 Å². The van der Waals surface area contributed by atoms with Gasteiger partial charge in [0.1, 0.15) is 0 Å². The van der Waals surface area contributed by atoms with Gasteiger partial charge in [-0.2, -0.15) is 0 Å². The fraction of sp³-hybridized carbons (Fsp3) is 0.750. The lowest BCUT2D eigenvalue weighted by atomic mass is 10.3. The highest BCUT2D eigenvalue weighted by molar-refractivity contribution is 5.74. The van der Waals surface area contributed by atoms with Gasteiger partial charge in [0.2, 0.25) is 0 Å². The minimum atomic E-state index is -0.872. The largest absolute Gasteiger partial charge is 0.480 e. The molecule has 0 aliphatic carbocycles. The number of carboxylic acid groups (broad SMARTS) is 1. The lowest BCUT2D eigenvalue weighted by molar-refractivity contribution is -0.136. The normalized spacial score (nSPS) is 20.9. The van der Waals surface area contributed by atoms with Crippen molar-refractivity contribution < 1.29 is 14.7 Å². The van der Waals surface area contributed by atoms with E-state index >= 15 is 0 Å². The van der Waals surface area contributed by atoms with Crippen molar-refractivity contribution in [2.75, 3.05) is 26.7 Å². The van der Waals surface area contributed by atoms with Gasteiger partial charge in [0.15, 0.2) is 0 Å². The second-order valence-corrected chi connectivity index (χ2v) is 3.26. The van der Waals surface area contributed by atoms with E-state index in [1.165, 1.54) is 0 Å². The molecule has 1 heterocycles. The van der Waals surface area contributed by atoms with Gasteiger partial charge < -0.3 is 20.6 Å². The summed E-state index contributed by atoms with van der Waals surface area (Å²) in [5.74, 6) is -0.872. The standard InChI is InChI=1S/C8H15N3O3/c1-9-8(14)11-3-2-6(5-11)10-4-7(12)13/h6,10H,2-5H2,1H3,(H,9,14)(H,12,13). The second kappa shape index (κ2) is 4.80. The van der Waals surface area contributed by atoms with Crippen molar-refractivity contribution in [2.24, 2.45) is 0 Å². The Bertz CT molecular complexity index is 232. The van der Waals surface area contributed by atoms with Crippen LogP contribution in [0.5, 0.6) is 0 Å². The van der Waals surface area contributed by atoms with Gasteiger partial charge in [-0.1, -0.05) is 0 Å². The number of hydrogen-bond acceptors (Lipinski definition) is 3. The Morgan fingerprint density at radius 2 is 2.29 bits per heavy atom. The third-order valence-electron chi connectivity index (χ3n) is 2.23. The van der Waals surface area contributed by atoms with E-state index in [1.54, 1.807) is 11.9 Å². The first-order chi connectivity index (χ1) is 6.63. The molecule has 14 heavy (non-hydrogen) atoms. The Morgan fingerprint density at radius 1 is 1.57 bits per heavy atom. The van der Waals surface area contributed by atoms with Crippen LogP contribution in [-0.4, -0.2) is 54.7 Å². The number of aliphatic carboxylic acids is 1. The van der Waals surface area contributed by atoms with E-state index in [0.29, 0.717) is 13.1 Å². The molecule has 0 bridgehead atoms. The maximum absolute atomic E-state index is 11.2. The average molecular weight is 201 g/mol. The summed E-state index contributed by atoms with van der Waals surface area (Å²) in [6.45, 7) is 1.20.